The third kappa shape index (κ3) is 4.17. The van der Waals surface area contributed by atoms with Crippen LogP contribution in [0, 0.1) is 13.8 Å². The highest BCUT2D eigenvalue weighted by molar-refractivity contribution is 6.53. The lowest BCUT2D eigenvalue weighted by Gasteiger charge is -2.15. The maximum atomic E-state index is 12.9. The highest BCUT2D eigenvalue weighted by atomic mass is 35.5. The lowest BCUT2D eigenvalue weighted by molar-refractivity contribution is -0.120. The fourth-order valence-electron chi connectivity index (χ4n) is 2.83. The molecule has 7 heteroatoms. The molecule has 6 nitrogen and oxygen atoms in total. The van der Waals surface area contributed by atoms with E-state index in [0.29, 0.717) is 23.5 Å². The zero-order valence-electron chi connectivity index (χ0n) is 16.4. The number of halogens is 1. The van der Waals surface area contributed by atoms with Gasteiger partial charge in [0.2, 0.25) is 0 Å². The molecule has 3 rings (SSSR count). The van der Waals surface area contributed by atoms with Gasteiger partial charge in [-0.25, -0.2) is 9.69 Å². The number of carbonyl (C=O) groups excluding carboxylic acids is 3. The number of benzene rings is 2. The zero-order chi connectivity index (χ0) is 21.1. The molecule has 2 aromatic rings. The maximum Gasteiger partial charge on any atom is 0.338 e. The van der Waals surface area contributed by atoms with Crippen LogP contribution in [0.25, 0.3) is 0 Å². The van der Waals surface area contributed by atoms with Crippen molar-refractivity contribution >= 4 is 40.8 Å². The van der Waals surface area contributed by atoms with Gasteiger partial charge in [0.25, 0.3) is 11.8 Å². The summed E-state index contributed by atoms with van der Waals surface area (Å²) in [6, 6.07) is 11.7. The molecule has 2 amide bonds. The van der Waals surface area contributed by atoms with Crippen molar-refractivity contribution in [2.45, 2.75) is 27.2 Å². The first-order valence-corrected chi connectivity index (χ1v) is 9.61. The molecule has 0 aliphatic carbocycles. The molecule has 0 unspecified atom stereocenters. The van der Waals surface area contributed by atoms with Crippen LogP contribution in [0.15, 0.2) is 53.2 Å². The minimum Gasteiger partial charge on any atom is -0.462 e. The summed E-state index contributed by atoms with van der Waals surface area (Å²) in [6.07, 6.45) is 0.723. The van der Waals surface area contributed by atoms with Crippen LogP contribution in [-0.4, -0.2) is 24.4 Å². The first kappa shape index (κ1) is 20.6. The Labute approximate surface area is 174 Å². The summed E-state index contributed by atoms with van der Waals surface area (Å²) >= 11 is 6.16. The summed E-state index contributed by atoms with van der Waals surface area (Å²) in [7, 11) is 0. The third-order valence-electron chi connectivity index (χ3n) is 4.60. The summed E-state index contributed by atoms with van der Waals surface area (Å²) in [6.45, 7) is 6.18. The van der Waals surface area contributed by atoms with Crippen molar-refractivity contribution in [2.75, 3.05) is 16.8 Å². The fourth-order valence-corrected chi connectivity index (χ4v) is 3.05. The average molecular weight is 413 g/mol. The van der Waals surface area contributed by atoms with Crippen LogP contribution in [0.1, 0.15) is 34.8 Å². The number of hydrogen-bond donors (Lipinski definition) is 1. The summed E-state index contributed by atoms with van der Waals surface area (Å²) in [4.78, 5) is 38.3. The number of esters is 1. The summed E-state index contributed by atoms with van der Waals surface area (Å²) in [5, 5.41) is 2.77. The number of carbonyl (C=O) groups is 3. The van der Waals surface area contributed by atoms with Crippen molar-refractivity contribution in [3.05, 3.63) is 69.9 Å². The van der Waals surface area contributed by atoms with E-state index in [1.165, 1.54) is 24.3 Å². The second-order valence-corrected chi connectivity index (χ2v) is 7.12. The van der Waals surface area contributed by atoms with Crippen molar-refractivity contribution in [1.82, 2.24) is 0 Å². The Hall–Kier alpha value is -3.12. The molecule has 1 heterocycles. The van der Waals surface area contributed by atoms with E-state index in [0.717, 1.165) is 22.4 Å². The van der Waals surface area contributed by atoms with E-state index in [4.69, 9.17) is 16.3 Å². The molecule has 1 aliphatic heterocycles. The second kappa shape index (κ2) is 8.49. The summed E-state index contributed by atoms with van der Waals surface area (Å²) < 4.78 is 5.08. The first-order valence-electron chi connectivity index (χ1n) is 9.23. The lowest BCUT2D eigenvalue weighted by Crippen LogP contribution is -2.32. The Kier molecular flexibility index (Phi) is 6.03. The number of amides is 2. The van der Waals surface area contributed by atoms with Gasteiger partial charge in [0.15, 0.2) is 0 Å². The lowest BCUT2D eigenvalue weighted by atomic mass is 10.1. The number of rotatable bonds is 6. The van der Waals surface area contributed by atoms with Crippen LogP contribution in [0.5, 0.6) is 0 Å². The third-order valence-corrected chi connectivity index (χ3v) is 4.95. The average Bonchev–Trinajstić information content (AvgIpc) is 2.92. The highest BCUT2D eigenvalue weighted by Crippen LogP contribution is 2.30. The van der Waals surface area contributed by atoms with E-state index in [-0.39, 0.29) is 10.7 Å². The van der Waals surface area contributed by atoms with Crippen LogP contribution in [-0.2, 0) is 14.3 Å². The number of nitrogens with one attached hydrogen (secondary N) is 1. The van der Waals surface area contributed by atoms with Crippen LogP contribution in [0.4, 0.5) is 11.4 Å². The van der Waals surface area contributed by atoms with E-state index in [9.17, 15) is 14.4 Å². The summed E-state index contributed by atoms with van der Waals surface area (Å²) in [5.41, 5.74) is 3.51. The second-order valence-electron chi connectivity index (χ2n) is 6.74. The molecule has 0 saturated carbocycles. The monoisotopic (exact) mass is 412 g/mol. The van der Waals surface area contributed by atoms with Crippen molar-refractivity contribution in [3.8, 4) is 0 Å². The Balaban J connectivity index is 1.80. The number of hydrogen-bond acceptors (Lipinski definition) is 5. The van der Waals surface area contributed by atoms with Gasteiger partial charge in [0.1, 0.15) is 10.7 Å². The molecule has 0 fully saturated rings. The summed E-state index contributed by atoms with van der Waals surface area (Å²) in [5.74, 6) is -1.63. The number of nitrogens with zero attached hydrogens (tertiary/aromatic N) is 1. The predicted octanol–water partition coefficient (Wildman–Crippen LogP) is 4.31. The quantitative estimate of drug-likeness (QED) is 0.565. The Bertz CT molecular complexity index is 1010. The van der Waals surface area contributed by atoms with Crippen LogP contribution < -0.4 is 10.2 Å². The van der Waals surface area contributed by atoms with Crippen molar-refractivity contribution < 1.29 is 19.1 Å². The van der Waals surface area contributed by atoms with E-state index >= 15 is 0 Å². The molecule has 0 bridgehead atoms. The van der Waals surface area contributed by atoms with Gasteiger partial charge in [-0.05, 0) is 67.8 Å². The number of anilines is 2. The van der Waals surface area contributed by atoms with Gasteiger partial charge in [-0.1, -0.05) is 24.6 Å². The van der Waals surface area contributed by atoms with Gasteiger partial charge in [0.05, 0.1) is 17.9 Å². The maximum absolute atomic E-state index is 12.9. The molecule has 150 valence electrons. The normalized spacial score (nSPS) is 13.9. The molecule has 29 heavy (non-hydrogen) atoms. The van der Waals surface area contributed by atoms with Crippen LogP contribution >= 0.6 is 11.6 Å². The minimum absolute atomic E-state index is 0.0198. The molecule has 0 spiro atoms. The molecule has 0 aromatic heterocycles. The molecule has 2 aromatic carbocycles. The fraction of sp³-hybridized carbons (Fsp3) is 0.227. The van der Waals surface area contributed by atoms with Crippen molar-refractivity contribution in [3.63, 3.8) is 0 Å². The SMILES string of the molecule is CCCOC(=O)c1ccc(N2C(=O)C(Cl)=C(Nc3ccc(C)c(C)c3)C2=O)cc1. The zero-order valence-corrected chi connectivity index (χ0v) is 17.2. The largest absolute Gasteiger partial charge is 0.462 e. The number of aryl methyl sites for hydroxylation is 2. The standard InChI is InChI=1S/C22H21ClN2O4/c1-4-11-29-22(28)15-6-9-17(10-7-15)25-20(26)18(23)19(21(25)27)24-16-8-5-13(2)14(3)12-16/h5-10,12,24H,4,11H2,1-3H3. The first-order chi connectivity index (χ1) is 13.8. The van der Waals surface area contributed by atoms with Gasteiger partial charge in [-0.3, -0.25) is 9.59 Å². The van der Waals surface area contributed by atoms with Gasteiger partial charge in [0, 0.05) is 5.69 Å². The van der Waals surface area contributed by atoms with Gasteiger partial charge in [-0.15, -0.1) is 0 Å². The van der Waals surface area contributed by atoms with E-state index in [1.54, 1.807) is 0 Å². The molecule has 1 N–H and O–H groups in total. The van der Waals surface area contributed by atoms with Crippen LogP contribution in [0.3, 0.4) is 0 Å². The van der Waals surface area contributed by atoms with Crippen molar-refractivity contribution in [1.29, 1.82) is 0 Å². The smallest absolute Gasteiger partial charge is 0.338 e. The minimum atomic E-state index is -0.621. The van der Waals surface area contributed by atoms with E-state index in [2.05, 4.69) is 5.32 Å². The van der Waals surface area contributed by atoms with Gasteiger partial charge in [-0.2, -0.15) is 0 Å². The molecule has 1 aliphatic rings. The molecule has 0 atom stereocenters. The Morgan fingerprint density at radius 3 is 2.34 bits per heavy atom. The van der Waals surface area contributed by atoms with E-state index in [1.807, 2.05) is 39.0 Å². The molecular weight excluding hydrogens is 392 g/mol. The molecule has 0 radical (unpaired) electrons. The van der Waals surface area contributed by atoms with Crippen LogP contribution in [0.2, 0.25) is 0 Å². The molecular formula is C22H21ClN2O4. The topological polar surface area (TPSA) is 75.7 Å². The van der Waals surface area contributed by atoms with Gasteiger partial charge >= 0.3 is 5.97 Å². The highest BCUT2D eigenvalue weighted by Gasteiger charge is 2.39. The van der Waals surface area contributed by atoms with Crippen molar-refractivity contribution in [2.24, 2.45) is 0 Å². The Morgan fingerprint density at radius 2 is 1.72 bits per heavy atom. The molecule has 0 saturated heterocycles. The van der Waals surface area contributed by atoms with Gasteiger partial charge < -0.3 is 10.1 Å². The van der Waals surface area contributed by atoms with E-state index < -0.39 is 17.8 Å². The Morgan fingerprint density at radius 1 is 1.03 bits per heavy atom. The predicted molar refractivity (Wildman–Crippen MR) is 112 cm³/mol. The number of ether oxygens (including phenoxy) is 1. The number of imide groups is 1.